The van der Waals surface area contributed by atoms with E-state index in [1.54, 1.807) is 12.1 Å². The summed E-state index contributed by atoms with van der Waals surface area (Å²) >= 11 is 5.97. The molecule has 3 rings (SSSR count). The molecule has 0 radical (unpaired) electrons. The van der Waals surface area contributed by atoms with Crippen LogP contribution in [0, 0.1) is 5.82 Å². The normalized spacial score (nSPS) is 14.3. The average molecular weight is 488 g/mol. The predicted molar refractivity (Wildman–Crippen MR) is 127 cm³/mol. The van der Waals surface area contributed by atoms with Crippen molar-refractivity contribution in [3.05, 3.63) is 41.1 Å². The summed E-state index contributed by atoms with van der Waals surface area (Å²) in [6.07, 6.45) is 4.29. The maximum absolute atomic E-state index is 13.5. The summed E-state index contributed by atoms with van der Waals surface area (Å²) in [6, 6.07) is 5.33. The molecule has 0 unspecified atom stereocenters. The van der Waals surface area contributed by atoms with Crippen molar-refractivity contribution < 1.29 is 4.39 Å². The second-order valence-electron chi connectivity index (χ2n) is 7.41. The van der Waals surface area contributed by atoms with Crippen molar-refractivity contribution in [2.24, 2.45) is 0 Å². The van der Waals surface area contributed by atoms with Crippen LogP contribution in [0.5, 0.6) is 0 Å². The Hall–Kier alpha value is -0.560. The second-order valence-corrected chi connectivity index (χ2v) is 7.81. The molecule has 1 aromatic carbocycles. The van der Waals surface area contributed by atoms with E-state index in [-0.39, 0.29) is 42.2 Å². The number of nitrogens with zero attached hydrogens (tertiary/aromatic N) is 3. The van der Waals surface area contributed by atoms with Crippen LogP contribution in [-0.4, -0.2) is 47.2 Å². The Morgan fingerprint density at radius 3 is 2.48 bits per heavy atom. The molecule has 2 heterocycles. The van der Waals surface area contributed by atoms with E-state index in [1.807, 2.05) is 0 Å². The maximum Gasteiger partial charge on any atom is 0.141 e. The molecular formula is C20H31Cl4FN4. The standard InChI is InChI=1S/C20H28ClFN4.3ClH/c1-14(2)25(3)10-11-26-13-19(16-4-5-18(22)17(21)12-16)24-20(26)15-6-8-23-9-7-15;;;/h4-5,12-15,23H,6-11H2,1-3H3;3*1H. The van der Waals surface area contributed by atoms with Crippen molar-refractivity contribution in [1.29, 1.82) is 0 Å². The number of imidazole rings is 1. The zero-order chi connectivity index (χ0) is 18.7. The second kappa shape index (κ2) is 13.0. The van der Waals surface area contributed by atoms with E-state index in [4.69, 9.17) is 16.6 Å². The molecular weight excluding hydrogens is 457 g/mol. The third-order valence-corrected chi connectivity index (χ3v) is 5.59. The highest BCUT2D eigenvalue weighted by Crippen LogP contribution is 2.29. The van der Waals surface area contributed by atoms with E-state index < -0.39 is 5.82 Å². The third-order valence-electron chi connectivity index (χ3n) is 5.30. The van der Waals surface area contributed by atoms with Crippen LogP contribution in [0.2, 0.25) is 5.02 Å². The van der Waals surface area contributed by atoms with Gasteiger partial charge in [-0.3, -0.25) is 0 Å². The molecule has 2 aromatic rings. The smallest absolute Gasteiger partial charge is 0.141 e. The number of hydrogen-bond acceptors (Lipinski definition) is 3. The van der Waals surface area contributed by atoms with Crippen molar-refractivity contribution in [3.8, 4) is 11.3 Å². The van der Waals surface area contributed by atoms with Crippen LogP contribution in [0.3, 0.4) is 0 Å². The quantitative estimate of drug-likeness (QED) is 0.590. The molecule has 1 saturated heterocycles. The van der Waals surface area contributed by atoms with Gasteiger partial charge in [0.15, 0.2) is 0 Å². The molecule has 4 nitrogen and oxygen atoms in total. The summed E-state index contributed by atoms with van der Waals surface area (Å²) in [6.45, 7) is 8.33. The summed E-state index contributed by atoms with van der Waals surface area (Å²) in [4.78, 5) is 7.27. The van der Waals surface area contributed by atoms with Gasteiger partial charge in [-0.05, 0) is 65.0 Å². The number of aromatic nitrogens is 2. The zero-order valence-corrected chi connectivity index (χ0v) is 20.2. The van der Waals surface area contributed by atoms with Gasteiger partial charge < -0.3 is 14.8 Å². The molecule has 1 aromatic heterocycles. The van der Waals surface area contributed by atoms with Crippen LogP contribution in [0.15, 0.2) is 24.4 Å². The van der Waals surface area contributed by atoms with E-state index in [2.05, 4.69) is 41.9 Å². The van der Waals surface area contributed by atoms with Gasteiger partial charge >= 0.3 is 0 Å². The van der Waals surface area contributed by atoms with Crippen LogP contribution in [0.4, 0.5) is 4.39 Å². The highest BCUT2D eigenvalue weighted by molar-refractivity contribution is 6.31. The molecule has 0 spiro atoms. The van der Waals surface area contributed by atoms with E-state index in [0.717, 1.165) is 56.1 Å². The van der Waals surface area contributed by atoms with Gasteiger partial charge in [-0.15, -0.1) is 37.2 Å². The Balaban J connectivity index is 0.00000261. The van der Waals surface area contributed by atoms with Crippen LogP contribution in [0.25, 0.3) is 11.3 Å². The molecule has 0 aliphatic carbocycles. The molecule has 166 valence electrons. The highest BCUT2D eigenvalue weighted by atomic mass is 35.5. The average Bonchev–Trinajstić information content (AvgIpc) is 3.07. The highest BCUT2D eigenvalue weighted by Gasteiger charge is 2.22. The Labute approximate surface area is 196 Å². The minimum absolute atomic E-state index is 0. The number of halogens is 5. The Kier molecular flexibility index (Phi) is 12.7. The van der Waals surface area contributed by atoms with Crippen LogP contribution in [-0.2, 0) is 6.54 Å². The lowest BCUT2D eigenvalue weighted by molar-refractivity contribution is 0.260. The summed E-state index contributed by atoms with van der Waals surface area (Å²) < 4.78 is 15.8. The molecule has 0 bridgehead atoms. The van der Waals surface area contributed by atoms with Gasteiger partial charge in [0.1, 0.15) is 11.6 Å². The monoisotopic (exact) mass is 486 g/mol. The number of benzene rings is 1. The molecule has 1 fully saturated rings. The van der Waals surface area contributed by atoms with Crippen molar-refractivity contribution in [3.63, 3.8) is 0 Å². The molecule has 0 atom stereocenters. The van der Waals surface area contributed by atoms with E-state index in [0.29, 0.717) is 12.0 Å². The lowest BCUT2D eigenvalue weighted by atomic mass is 9.97. The summed E-state index contributed by atoms with van der Waals surface area (Å²) in [5.41, 5.74) is 1.73. The van der Waals surface area contributed by atoms with Crippen LogP contribution >= 0.6 is 48.8 Å². The minimum atomic E-state index is -0.396. The molecule has 1 aliphatic rings. The fourth-order valence-electron chi connectivity index (χ4n) is 3.33. The van der Waals surface area contributed by atoms with Crippen molar-refractivity contribution >= 4 is 48.8 Å². The topological polar surface area (TPSA) is 33.1 Å². The van der Waals surface area contributed by atoms with Crippen LogP contribution < -0.4 is 5.32 Å². The summed E-state index contributed by atoms with van der Waals surface area (Å²) in [5.74, 6) is 1.20. The van der Waals surface area contributed by atoms with Gasteiger partial charge in [-0.1, -0.05) is 11.6 Å². The molecule has 0 amide bonds. The lowest BCUT2D eigenvalue weighted by Gasteiger charge is -2.25. The minimum Gasteiger partial charge on any atom is -0.333 e. The molecule has 9 heteroatoms. The van der Waals surface area contributed by atoms with E-state index in [9.17, 15) is 4.39 Å². The van der Waals surface area contributed by atoms with Crippen LogP contribution in [0.1, 0.15) is 38.4 Å². The first-order chi connectivity index (χ1) is 12.5. The van der Waals surface area contributed by atoms with E-state index >= 15 is 0 Å². The number of piperidine rings is 1. The predicted octanol–water partition coefficient (Wildman–Crippen LogP) is 5.42. The number of rotatable bonds is 6. The summed E-state index contributed by atoms with van der Waals surface area (Å²) in [5, 5.41) is 3.56. The van der Waals surface area contributed by atoms with Crippen molar-refractivity contribution in [1.82, 2.24) is 19.8 Å². The van der Waals surface area contributed by atoms with E-state index in [1.165, 1.54) is 6.07 Å². The fraction of sp³-hybridized carbons (Fsp3) is 0.550. The Morgan fingerprint density at radius 1 is 1.24 bits per heavy atom. The van der Waals surface area contributed by atoms with Gasteiger partial charge in [-0.25, -0.2) is 9.37 Å². The SMILES string of the molecule is CC(C)N(C)CCn1cc(-c2ccc(F)c(Cl)c2)nc1C1CCNCC1.Cl.Cl.Cl. The van der Waals surface area contributed by atoms with Gasteiger partial charge in [0.05, 0.1) is 10.7 Å². The van der Waals surface area contributed by atoms with Crippen molar-refractivity contribution in [2.45, 2.75) is 45.2 Å². The number of hydrogen-bond donors (Lipinski definition) is 1. The molecule has 1 N–H and O–H groups in total. The van der Waals surface area contributed by atoms with Gasteiger partial charge in [0.25, 0.3) is 0 Å². The fourth-order valence-corrected chi connectivity index (χ4v) is 3.51. The largest absolute Gasteiger partial charge is 0.333 e. The van der Waals surface area contributed by atoms with Gasteiger partial charge in [0, 0.05) is 36.8 Å². The first-order valence-corrected chi connectivity index (χ1v) is 9.77. The maximum atomic E-state index is 13.5. The lowest BCUT2D eigenvalue weighted by Crippen LogP contribution is -2.31. The number of nitrogens with one attached hydrogen (secondary N) is 1. The summed E-state index contributed by atoms with van der Waals surface area (Å²) in [7, 11) is 2.15. The molecule has 0 saturated carbocycles. The Morgan fingerprint density at radius 2 is 1.90 bits per heavy atom. The molecule has 1 aliphatic heterocycles. The third kappa shape index (κ3) is 7.27. The molecule has 29 heavy (non-hydrogen) atoms. The Bertz CT molecular complexity index is 748. The van der Waals surface area contributed by atoms with Crippen molar-refractivity contribution in [2.75, 3.05) is 26.7 Å². The van der Waals surface area contributed by atoms with Gasteiger partial charge in [-0.2, -0.15) is 0 Å². The number of likely N-dealkylation sites (N-methyl/N-ethyl adjacent to an activating group) is 1. The first-order valence-electron chi connectivity index (χ1n) is 9.39. The first kappa shape index (κ1) is 28.4. The van der Waals surface area contributed by atoms with Gasteiger partial charge in [0.2, 0.25) is 0 Å². The zero-order valence-electron chi connectivity index (χ0n) is 17.0.